The van der Waals surface area contributed by atoms with Crippen molar-refractivity contribution >= 4 is 32.9 Å². The molecule has 0 N–H and O–H groups in total. The summed E-state index contributed by atoms with van der Waals surface area (Å²) in [6.45, 7) is 11.6. The number of hydrogen-bond donors (Lipinski definition) is 0. The van der Waals surface area contributed by atoms with Crippen LogP contribution in [0.25, 0.3) is 22.2 Å². The van der Waals surface area contributed by atoms with Crippen LogP contribution in [0.5, 0.6) is 0 Å². The Kier molecular flexibility index (Phi) is 4.69. The second-order valence-electron chi connectivity index (χ2n) is 7.59. The molecule has 0 radical (unpaired) electrons. The summed E-state index contributed by atoms with van der Waals surface area (Å²) in [5, 5.41) is 1.03. The number of aromatic nitrogens is 2. The topological polar surface area (TPSA) is 44.1 Å². The number of benzene rings is 1. The summed E-state index contributed by atoms with van der Waals surface area (Å²) >= 11 is 3.51. The first-order chi connectivity index (χ1) is 12.1. The molecule has 0 atom stereocenters. The summed E-state index contributed by atoms with van der Waals surface area (Å²) in [5.41, 5.74) is 4.95. The molecule has 4 nitrogen and oxygen atoms in total. The summed E-state index contributed by atoms with van der Waals surface area (Å²) < 4.78 is 8.29. The summed E-state index contributed by atoms with van der Waals surface area (Å²) in [7, 11) is 0. The minimum Gasteiger partial charge on any atom is -0.443 e. The zero-order valence-electron chi connectivity index (χ0n) is 16.0. The first-order valence-corrected chi connectivity index (χ1v) is 9.36. The molecule has 3 aromatic rings. The van der Waals surface area contributed by atoms with Gasteiger partial charge in [-0.25, -0.2) is 9.36 Å². The standard InChI is InChI=1S/C21H23BrN2O2/c1-12-9-15(10-13(2)23-12)19-14(3)17-8-7-16(22)11-18(17)24(19)20(25)26-21(4,5)6/h7-11H,1-6H3. The molecule has 0 aliphatic heterocycles. The number of aryl methyl sites for hydroxylation is 3. The quantitative estimate of drug-likeness (QED) is 0.477. The van der Waals surface area contributed by atoms with E-state index >= 15 is 0 Å². The molecule has 0 saturated carbocycles. The van der Waals surface area contributed by atoms with Gasteiger partial charge in [0.05, 0.1) is 11.2 Å². The Balaban J connectivity index is 2.35. The fraction of sp³-hybridized carbons (Fsp3) is 0.333. The second-order valence-corrected chi connectivity index (χ2v) is 8.51. The Labute approximate surface area is 162 Å². The Hall–Kier alpha value is -2.14. The lowest BCUT2D eigenvalue weighted by atomic mass is 10.1. The van der Waals surface area contributed by atoms with Crippen LogP contribution in [-0.4, -0.2) is 21.2 Å². The van der Waals surface area contributed by atoms with E-state index in [-0.39, 0.29) is 6.09 Å². The maximum absolute atomic E-state index is 13.1. The first-order valence-electron chi connectivity index (χ1n) is 8.56. The van der Waals surface area contributed by atoms with E-state index in [0.29, 0.717) is 0 Å². The van der Waals surface area contributed by atoms with Crippen molar-refractivity contribution < 1.29 is 9.53 Å². The van der Waals surface area contributed by atoms with E-state index in [1.165, 1.54) is 0 Å². The van der Waals surface area contributed by atoms with Crippen molar-refractivity contribution in [1.82, 2.24) is 9.55 Å². The van der Waals surface area contributed by atoms with E-state index in [4.69, 9.17) is 4.74 Å². The highest BCUT2D eigenvalue weighted by atomic mass is 79.9. The van der Waals surface area contributed by atoms with Gasteiger partial charge in [0.2, 0.25) is 0 Å². The summed E-state index contributed by atoms with van der Waals surface area (Å²) in [6, 6.07) is 9.98. The van der Waals surface area contributed by atoms with Gasteiger partial charge >= 0.3 is 6.09 Å². The minimum atomic E-state index is -0.574. The zero-order chi connectivity index (χ0) is 19.2. The highest BCUT2D eigenvalue weighted by molar-refractivity contribution is 9.10. The van der Waals surface area contributed by atoms with Crippen LogP contribution >= 0.6 is 15.9 Å². The van der Waals surface area contributed by atoms with Crippen molar-refractivity contribution in [3.8, 4) is 11.3 Å². The molecule has 0 saturated heterocycles. The van der Waals surface area contributed by atoms with Gasteiger partial charge in [0.25, 0.3) is 0 Å². The van der Waals surface area contributed by atoms with Crippen molar-refractivity contribution in [1.29, 1.82) is 0 Å². The molecular formula is C21H23BrN2O2. The SMILES string of the molecule is Cc1cc(-c2c(C)c3ccc(Br)cc3n2C(=O)OC(C)(C)C)cc(C)n1. The van der Waals surface area contributed by atoms with E-state index in [0.717, 1.165) is 43.6 Å². The van der Waals surface area contributed by atoms with Crippen LogP contribution in [0.2, 0.25) is 0 Å². The van der Waals surface area contributed by atoms with E-state index in [9.17, 15) is 4.79 Å². The number of ether oxygens (including phenoxy) is 1. The van der Waals surface area contributed by atoms with E-state index < -0.39 is 5.60 Å². The lowest BCUT2D eigenvalue weighted by Gasteiger charge is -2.21. The number of nitrogens with zero attached hydrogens (tertiary/aromatic N) is 2. The van der Waals surface area contributed by atoms with Crippen LogP contribution < -0.4 is 0 Å². The van der Waals surface area contributed by atoms with Crippen LogP contribution in [0.15, 0.2) is 34.8 Å². The van der Waals surface area contributed by atoms with Crippen LogP contribution in [0, 0.1) is 20.8 Å². The number of carbonyl (C=O) groups excluding carboxylic acids is 1. The molecule has 2 aromatic heterocycles. The molecule has 26 heavy (non-hydrogen) atoms. The first kappa shape index (κ1) is 18.6. The molecule has 1 aromatic carbocycles. The lowest BCUT2D eigenvalue weighted by Crippen LogP contribution is -2.27. The average Bonchev–Trinajstić information content (AvgIpc) is 2.77. The van der Waals surface area contributed by atoms with Gasteiger partial charge < -0.3 is 4.74 Å². The third-order valence-electron chi connectivity index (χ3n) is 4.11. The maximum atomic E-state index is 13.1. The highest BCUT2D eigenvalue weighted by Crippen LogP contribution is 2.35. The number of pyridine rings is 1. The fourth-order valence-corrected chi connectivity index (χ4v) is 3.59. The van der Waals surface area contributed by atoms with Gasteiger partial charge in [-0.3, -0.25) is 4.98 Å². The number of rotatable bonds is 1. The van der Waals surface area contributed by atoms with Crippen LogP contribution in [0.4, 0.5) is 4.79 Å². The number of fused-ring (bicyclic) bond motifs is 1. The molecular weight excluding hydrogens is 392 g/mol. The molecule has 0 unspecified atom stereocenters. The van der Waals surface area contributed by atoms with E-state index in [2.05, 4.69) is 20.9 Å². The Morgan fingerprint density at radius 1 is 1.08 bits per heavy atom. The predicted molar refractivity (Wildman–Crippen MR) is 109 cm³/mol. The Morgan fingerprint density at radius 3 is 2.27 bits per heavy atom. The van der Waals surface area contributed by atoms with Gasteiger partial charge in [-0.05, 0) is 71.4 Å². The molecule has 3 rings (SSSR count). The molecule has 136 valence electrons. The minimum absolute atomic E-state index is 0.379. The van der Waals surface area contributed by atoms with E-state index in [1.807, 2.05) is 71.9 Å². The number of halogens is 1. The van der Waals surface area contributed by atoms with Crippen LogP contribution in [0.3, 0.4) is 0 Å². The lowest BCUT2D eigenvalue weighted by molar-refractivity contribution is 0.0547. The molecule has 0 aliphatic carbocycles. The Bertz CT molecular complexity index is 993. The van der Waals surface area contributed by atoms with Gasteiger partial charge in [-0.15, -0.1) is 0 Å². The molecule has 0 bridgehead atoms. The van der Waals surface area contributed by atoms with Gasteiger partial charge in [0.15, 0.2) is 0 Å². The molecule has 0 spiro atoms. The normalized spacial score (nSPS) is 11.8. The summed E-state index contributed by atoms with van der Waals surface area (Å²) in [4.78, 5) is 17.5. The van der Waals surface area contributed by atoms with Crippen molar-refractivity contribution in [3.05, 3.63) is 51.8 Å². The summed E-state index contributed by atoms with van der Waals surface area (Å²) in [6.07, 6.45) is -0.379. The van der Waals surface area contributed by atoms with Gasteiger partial charge in [-0.1, -0.05) is 22.0 Å². The highest BCUT2D eigenvalue weighted by Gasteiger charge is 2.25. The number of carbonyl (C=O) groups is 1. The van der Waals surface area contributed by atoms with Crippen molar-refractivity contribution in [3.63, 3.8) is 0 Å². The van der Waals surface area contributed by atoms with Crippen LogP contribution in [-0.2, 0) is 4.74 Å². The molecule has 0 amide bonds. The second kappa shape index (κ2) is 6.54. The fourth-order valence-electron chi connectivity index (χ4n) is 3.24. The van der Waals surface area contributed by atoms with Gasteiger partial charge in [0.1, 0.15) is 5.60 Å². The van der Waals surface area contributed by atoms with Crippen LogP contribution in [0.1, 0.15) is 37.7 Å². The van der Waals surface area contributed by atoms with Crippen molar-refractivity contribution in [2.24, 2.45) is 0 Å². The van der Waals surface area contributed by atoms with Gasteiger partial charge in [0, 0.05) is 26.8 Å². The largest absolute Gasteiger partial charge is 0.443 e. The third-order valence-corrected chi connectivity index (χ3v) is 4.61. The monoisotopic (exact) mass is 414 g/mol. The molecule has 5 heteroatoms. The smallest absolute Gasteiger partial charge is 0.419 e. The molecule has 0 aliphatic rings. The zero-order valence-corrected chi connectivity index (χ0v) is 17.6. The third kappa shape index (κ3) is 3.54. The Morgan fingerprint density at radius 2 is 1.69 bits per heavy atom. The molecule has 2 heterocycles. The van der Waals surface area contributed by atoms with Gasteiger partial charge in [-0.2, -0.15) is 0 Å². The predicted octanol–water partition coefficient (Wildman–Crippen LogP) is 6.17. The van der Waals surface area contributed by atoms with E-state index in [1.54, 1.807) is 4.57 Å². The average molecular weight is 415 g/mol. The summed E-state index contributed by atoms with van der Waals surface area (Å²) in [5.74, 6) is 0. The molecule has 0 fully saturated rings. The maximum Gasteiger partial charge on any atom is 0.419 e. The van der Waals surface area contributed by atoms with Crippen molar-refractivity contribution in [2.45, 2.75) is 47.1 Å². The number of hydrogen-bond acceptors (Lipinski definition) is 3. The van der Waals surface area contributed by atoms with Crippen molar-refractivity contribution in [2.75, 3.05) is 0 Å².